The van der Waals surface area contributed by atoms with E-state index in [1.54, 1.807) is 12.4 Å². The summed E-state index contributed by atoms with van der Waals surface area (Å²) in [6, 6.07) is 4.09. The van der Waals surface area contributed by atoms with Crippen LogP contribution < -0.4 is 4.90 Å². The van der Waals surface area contributed by atoms with Gasteiger partial charge in [-0.25, -0.2) is 9.97 Å². The molecule has 0 unspecified atom stereocenters. The van der Waals surface area contributed by atoms with Crippen molar-refractivity contribution in [1.82, 2.24) is 15.0 Å². The molecule has 0 atom stereocenters. The van der Waals surface area contributed by atoms with E-state index in [0.717, 1.165) is 11.3 Å². The Morgan fingerprint density at radius 1 is 1.24 bits per heavy atom. The number of pyridine rings is 1. The van der Waals surface area contributed by atoms with Gasteiger partial charge in [0.1, 0.15) is 11.3 Å². The van der Waals surface area contributed by atoms with Gasteiger partial charge in [-0.3, -0.25) is 4.98 Å². The van der Waals surface area contributed by atoms with Crippen LogP contribution in [0.4, 0.5) is 5.82 Å². The predicted octanol–water partition coefficient (Wildman–Crippen LogP) is 1.23. The summed E-state index contributed by atoms with van der Waals surface area (Å²) in [5.41, 5.74) is 1.41. The number of anilines is 1. The van der Waals surface area contributed by atoms with Gasteiger partial charge in [0, 0.05) is 25.0 Å². The van der Waals surface area contributed by atoms with E-state index in [9.17, 15) is 0 Å². The van der Waals surface area contributed by atoms with Crippen LogP contribution in [0.1, 0.15) is 13.8 Å². The summed E-state index contributed by atoms with van der Waals surface area (Å²) in [4.78, 5) is 14.9. The minimum absolute atomic E-state index is 0.109. The molecule has 5 heteroatoms. The average Bonchev–Trinajstić information content (AvgIpc) is 2.35. The Balaban J connectivity index is 2.40. The number of aromatic nitrogens is 3. The molecule has 0 amide bonds. The van der Waals surface area contributed by atoms with E-state index >= 15 is 0 Å². The summed E-state index contributed by atoms with van der Waals surface area (Å²) < 4.78 is 0. The van der Waals surface area contributed by atoms with Gasteiger partial charge in [-0.15, -0.1) is 0 Å². The lowest BCUT2D eigenvalue weighted by Crippen LogP contribution is -2.34. The molecule has 0 bridgehead atoms. The lowest BCUT2D eigenvalue weighted by Gasteiger charge is -2.26. The molecule has 0 saturated heterocycles. The molecule has 5 nitrogen and oxygen atoms in total. The van der Waals surface area contributed by atoms with Crippen molar-refractivity contribution in [2.45, 2.75) is 19.9 Å². The minimum atomic E-state index is 0.109. The fourth-order valence-corrected chi connectivity index (χ4v) is 1.75. The van der Waals surface area contributed by atoms with Crippen LogP contribution in [0.5, 0.6) is 0 Å². The molecule has 2 rings (SSSR count). The smallest absolute Gasteiger partial charge is 0.180 e. The summed E-state index contributed by atoms with van der Waals surface area (Å²) in [5.74, 6) is 0.821. The first kappa shape index (κ1) is 11.7. The molecule has 0 fully saturated rings. The summed E-state index contributed by atoms with van der Waals surface area (Å²) >= 11 is 0. The number of aliphatic hydroxyl groups excluding tert-OH is 1. The molecule has 17 heavy (non-hydrogen) atoms. The number of hydrogen-bond donors (Lipinski definition) is 1. The number of nitrogens with zero attached hydrogens (tertiary/aromatic N) is 4. The monoisotopic (exact) mass is 232 g/mol. The summed E-state index contributed by atoms with van der Waals surface area (Å²) in [7, 11) is 0. The molecule has 0 saturated carbocycles. The Bertz CT molecular complexity index is 501. The lowest BCUT2D eigenvalue weighted by atomic mass is 10.3. The van der Waals surface area contributed by atoms with Gasteiger partial charge in [-0.2, -0.15) is 0 Å². The number of rotatable bonds is 4. The first-order valence-electron chi connectivity index (χ1n) is 5.67. The van der Waals surface area contributed by atoms with Crippen LogP contribution in [0.15, 0.2) is 24.5 Å². The summed E-state index contributed by atoms with van der Waals surface area (Å²) in [6.07, 6.45) is 3.28. The average molecular weight is 232 g/mol. The first-order chi connectivity index (χ1) is 8.22. The zero-order valence-electron chi connectivity index (χ0n) is 10.0. The molecule has 0 aliphatic heterocycles. The molecule has 2 aromatic rings. The van der Waals surface area contributed by atoms with Gasteiger partial charge in [0.25, 0.3) is 0 Å². The highest BCUT2D eigenvalue weighted by Gasteiger charge is 2.12. The van der Waals surface area contributed by atoms with Crippen molar-refractivity contribution in [3.63, 3.8) is 0 Å². The maximum absolute atomic E-state index is 9.06. The van der Waals surface area contributed by atoms with E-state index in [2.05, 4.69) is 28.8 Å². The molecule has 0 radical (unpaired) electrons. The van der Waals surface area contributed by atoms with E-state index in [1.165, 1.54) is 0 Å². The van der Waals surface area contributed by atoms with Gasteiger partial charge in [-0.1, -0.05) is 0 Å². The van der Waals surface area contributed by atoms with E-state index in [1.807, 2.05) is 17.0 Å². The predicted molar refractivity (Wildman–Crippen MR) is 66.9 cm³/mol. The zero-order valence-corrected chi connectivity index (χ0v) is 10.0. The van der Waals surface area contributed by atoms with Crippen LogP contribution in [0.2, 0.25) is 0 Å². The first-order valence-corrected chi connectivity index (χ1v) is 5.67. The molecule has 0 aromatic carbocycles. The molecule has 1 N–H and O–H groups in total. The maximum Gasteiger partial charge on any atom is 0.180 e. The van der Waals surface area contributed by atoms with Crippen molar-refractivity contribution in [2.24, 2.45) is 0 Å². The Hall–Kier alpha value is -1.75. The van der Waals surface area contributed by atoms with Crippen molar-refractivity contribution >= 4 is 17.0 Å². The fraction of sp³-hybridized carbons (Fsp3) is 0.417. The van der Waals surface area contributed by atoms with Crippen molar-refractivity contribution in [3.8, 4) is 0 Å². The van der Waals surface area contributed by atoms with Gasteiger partial charge in [0.2, 0.25) is 0 Å². The van der Waals surface area contributed by atoms with Crippen molar-refractivity contribution in [1.29, 1.82) is 0 Å². The van der Waals surface area contributed by atoms with Gasteiger partial charge < -0.3 is 10.0 Å². The standard InChI is InChI=1S/C12H16N4O/c1-9(2)16(7-8-17)11-4-3-10-12(15-11)14-6-5-13-10/h3-6,9,17H,7-8H2,1-2H3. The third-order valence-corrected chi connectivity index (χ3v) is 2.58. The Morgan fingerprint density at radius 2 is 2.00 bits per heavy atom. The van der Waals surface area contributed by atoms with Crippen LogP contribution in [0.25, 0.3) is 11.2 Å². The molecule has 0 aliphatic carbocycles. The highest BCUT2D eigenvalue weighted by molar-refractivity contribution is 5.71. The third-order valence-electron chi connectivity index (χ3n) is 2.58. The Labute approximate surface area is 100 Å². The molecule has 2 aromatic heterocycles. The molecular weight excluding hydrogens is 216 g/mol. The molecule has 0 aliphatic rings. The molecule has 2 heterocycles. The van der Waals surface area contributed by atoms with Gasteiger partial charge in [-0.05, 0) is 26.0 Å². The van der Waals surface area contributed by atoms with Crippen LogP contribution in [-0.4, -0.2) is 39.3 Å². The highest BCUT2D eigenvalue weighted by atomic mass is 16.3. The van der Waals surface area contributed by atoms with Crippen LogP contribution in [0, 0.1) is 0 Å². The second-order valence-corrected chi connectivity index (χ2v) is 4.08. The quantitative estimate of drug-likeness (QED) is 0.859. The van der Waals surface area contributed by atoms with Crippen molar-refractivity contribution in [2.75, 3.05) is 18.1 Å². The number of hydrogen-bond acceptors (Lipinski definition) is 5. The van der Waals surface area contributed by atoms with E-state index in [4.69, 9.17) is 5.11 Å². The maximum atomic E-state index is 9.06. The van der Waals surface area contributed by atoms with Crippen LogP contribution in [-0.2, 0) is 0 Å². The van der Waals surface area contributed by atoms with Crippen LogP contribution >= 0.6 is 0 Å². The van der Waals surface area contributed by atoms with Crippen molar-refractivity contribution < 1.29 is 5.11 Å². The van der Waals surface area contributed by atoms with Gasteiger partial charge >= 0.3 is 0 Å². The van der Waals surface area contributed by atoms with Crippen molar-refractivity contribution in [3.05, 3.63) is 24.5 Å². The molecular formula is C12H16N4O. The molecule has 0 spiro atoms. The number of fused-ring (bicyclic) bond motifs is 1. The second kappa shape index (κ2) is 5.05. The fourth-order valence-electron chi connectivity index (χ4n) is 1.75. The number of aliphatic hydroxyl groups is 1. The highest BCUT2D eigenvalue weighted by Crippen LogP contribution is 2.16. The Kier molecular flexibility index (Phi) is 3.49. The SMILES string of the molecule is CC(C)N(CCO)c1ccc2nccnc2n1. The summed E-state index contributed by atoms with van der Waals surface area (Å²) in [5, 5.41) is 9.06. The second-order valence-electron chi connectivity index (χ2n) is 4.08. The van der Waals surface area contributed by atoms with Crippen LogP contribution in [0.3, 0.4) is 0 Å². The Morgan fingerprint density at radius 3 is 2.71 bits per heavy atom. The van der Waals surface area contributed by atoms with Gasteiger partial charge in [0.15, 0.2) is 5.65 Å². The molecule has 90 valence electrons. The summed E-state index contributed by atoms with van der Waals surface area (Å²) in [6.45, 7) is 4.81. The zero-order chi connectivity index (χ0) is 12.3. The lowest BCUT2D eigenvalue weighted by molar-refractivity contribution is 0.298. The van der Waals surface area contributed by atoms with E-state index in [0.29, 0.717) is 12.2 Å². The van der Waals surface area contributed by atoms with Gasteiger partial charge in [0.05, 0.1) is 6.61 Å². The third kappa shape index (κ3) is 2.50. The minimum Gasteiger partial charge on any atom is -0.395 e. The largest absolute Gasteiger partial charge is 0.395 e. The van der Waals surface area contributed by atoms with E-state index < -0.39 is 0 Å². The topological polar surface area (TPSA) is 62.1 Å². The van der Waals surface area contributed by atoms with E-state index in [-0.39, 0.29) is 12.6 Å². The normalized spacial score (nSPS) is 11.1.